The number of nitrogens with zero attached hydrogens (tertiary/aromatic N) is 4. The average Bonchev–Trinajstić information content (AvgIpc) is 3.52. The molecule has 0 saturated carbocycles. The Morgan fingerprint density at radius 1 is 1.12 bits per heavy atom. The monoisotopic (exact) mass is 456 g/mol. The number of aryl methyl sites for hydroxylation is 1. The number of likely N-dealkylation sites (tertiary alicyclic amines) is 1. The molecule has 5 rings (SSSR count). The van der Waals surface area contributed by atoms with Gasteiger partial charge in [0.25, 0.3) is 0 Å². The lowest BCUT2D eigenvalue weighted by molar-refractivity contribution is -0.142. The van der Waals surface area contributed by atoms with Gasteiger partial charge in [0.1, 0.15) is 23.0 Å². The number of fused-ring (bicyclic) bond motifs is 1. The molecular formula is C24H23F3N4O2. The number of hydrogen-bond donors (Lipinski definition) is 0. The van der Waals surface area contributed by atoms with Gasteiger partial charge in [-0.1, -0.05) is 0 Å². The Kier molecular flexibility index (Phi) is 5.36. The summed E-state index contributed by atoms with van der Waals surface area (Å²) < 4.78 is 52.4. The molecule has 1 fully saturated rings. The first kappa shape index (κ1) is 21.5. The number of furan rings is 1. The molecule has 1 aromatic carbocycles. The van der Waals surface area contributed by atoms with E-state index >= 15 is 0 Å². The molecular weight excluding hydrogens is 433 g/mol. The van der Waals surface area contributed by atoms with Gasteiger partial charge in [0, 0.05) is 29.8 Å². The van der Waals surface area contributed by atoms with Crippen LogP contribution in [0.25, 0.3) is 17.0 Å². The third kappa shape index (κ3) is 4.32. The van der Waals surface area contributed by atoms with Crippen molar-refractivity contribution in [3.63, 3.8) is 0 Å². The molecule has 0 amide bonds. The van der Waals surface area contributed by atoms with Crippen LogP contribution in [0.5, 0.6) is 5.75 Å². The average molecular weight is 456 g/mol. The fourth-order valence-corrected chi connectivity index (χ4v) is 4.33. The van der Waals surface area contributed by atoms with Gasteiger partial charge in [-0.15, -0.1) is 0 Å². The van der Waals surface area contributed by atoms with E-state index in [1.807, 2.05) is 36.4 Å². The molecule has 0 unspecified atom stereocenters. The number of hydrogen-bond acceptors (Lipinski definition) is 5. The molecule has 1 aliphatic heterocycles. The third-order valence-electron chi connectivity index (χ3n) is 5.97. The smallest absolute Gasteiger partial charge is 0.433 e. The third-order valence-corrected chi connectivity index (χ3v) is 5.97. The van der Waals surface area contributed by atoms with E-state index in [1.165, 1.54) is 0 Å². The van der Waals surface area contributed by atoms with Gasteiger partial charge in [-0.3, -0.25) is 4.90 Å². The van der Waals surface area contributed by atoms with Crippen molar-refractivity contribution < 1.29 is 22.3 Å². The van der Waals surface area contributed by atoms with Crippen LogP contribution in [0.15, 0.2) is 52.9 Å². The minimum absolute atomic E-state index is 0.0455. The van der Waals surface area contributed by atoms with Crippen molar-refractivity contribution >= 4 is 5.65 Å². The zero-order valence-corrected chi connectivity index (χ0v) is 18.3. The molecule has 1 atom stereocenters. The van der Waals surface area contributed by atoms with E-state index in [2.05, 4.69) is 15.0 Å². The second-order valence-electron chi connectivity index (χ2n) is 8.33. The first-order valence-corrected chi connectivity index (χ1v) is 10.7. The van der Waals surface area contributed by atoms with Crippen molar-refractivity contribution in [3.05, 3.63) is 71.4 Å². The van der Waals surface area contributed by atoms with Gasteiger partial charge in [0.15, 0.2) is 5.65 Å². The summed E-state index contributed by atoms with van der Waals surface area (Å²) >= 11 is 0. The summed E-state index contributed by atoms with van der Waals surface area (Å²) in [4.78, 5) is 6.47. The van der Waals surface area contributed by atoms with Crippen LogP contribution in [0, 0.1) is 6.92 Å². The first-order valence-electron chi connectivity index (χ1n) is 10.7. The van der Waals surface area contributed by atoms with E-state index in [4.69, 9.17) is 9.15 Å². The van der Waals surface area contributed by atoms with Gasteiger partial charge in [-0.2, -0.15) is 18.3 Å². The Hall–Kier alpha value is -3.33. The lowest BCUT2D eigenvalue weighted by Crippen LogP contribution is -2.19. The van der Waals surface area contributed by atoms with Crippen LogP contribution < -0.4 is 4.74 Å². The molecule has 33 heavy (non-hydrogen) atoms. The summed E-state index contributed by atoms with van der Waals surface area (Å²) in [6.07, 6.45) is -3.67. The first-order chi connectivity index (χ1) is 15.8. The van der Waals surface area contributed by atoms with Crippen LogP contribution in [0.1, 0.15) is 35.2 Å². The van der Waals surface area contributed by atoms with Crippen molar-refractivity contribution in [2.45, 2.75) is 32.0 Å². The maximum atomic E-state index is 13.4. The Bertz CT molecular complexity index is 1280. The number of alkyl halides is 3. The Balaban J connectivity index is 1.29. The van der Waals surface area contributed by atoms with E-state index in [9.17, 15) is 13.2 Å². The number of benzene rings is 1. The quantitative estimate of drug-likeness (QED) is 0.407. The van der Waals surface area contributed by atoms with Crippen LogP contribution >= 0.6 is 0 Å². The number of methoxy groups -OCH3 is 1. The summed E-state index contributed by atoms with van der Waals surface area (Å²) in [5, 5.41) is 4.28. The Labute approximate surface area is 188 Å². The summed E-state index contributed by atoms with van der Waals surface area (Å²) in [5.74, 6) is 2.45. The normalized spacial score (nSPS) is 17.2. The number of rotatable bonds is 5. The van der Waals surface area contributed by atoms with Crippen LogP contribution in [0.4, 0.5) is 13.2 Å². The number of halogens is 3. The van der Waals surface area contributed by atoms with E-state index in [0.29, 0.717) is 24.5 Å². The molecule has 0 bridgehead atoms. The van der Waals surface area contributed by atoms with Gasteiger partial charge < -0.3 is 9.15 Å². The Morgan fingerprint density at radius 2 is 1.91 bits per heavy atom. The van der Waals surface area contributed by atoms with Gasteiger partial charge in [0.05, 0.1) is 19.3 Å². The molecule has 6 nitrogen and oxygen atoms in total. The fourth-order valence-electron chi connectivity index (χ4n) is 4.33. The molecule has 4 aromatic rings. The largest absolute Gasteiger partial charge is 0.497 e. The number of ether oxygens (including phenoxy) is 1. The van der Waals surface area contributed by atoms with Crippen LogP contribution in [0.3, 0.4) is 0 Å². The van der Waals surface area contributed by atoms with Crippen molar-refractivity contribution in [2.24, 2.45) is 0 Å². The molecule has 1 saturated heterocycles. The van der Waals surface area contributed by atoms with Gasteiger partial charge in [-0.25, -0.2) is 9.50 Å². The predicted molar refractivity (Wildman–Crippen MR) is 116 cm³/mol. The molecule has 0 aliphatic carbocycles. The highest BCUT2D eigenvalue weighted by molar-refractivity contribution is 5.58. The molecule has 1 aliphatic rings. The molecule has 9 heteroatoms. The maximum absolute atomic E-state index is 13.4. The van der Waals surface area contributed by atoms with E-state index in [0.717, 1.165) is 46.4 Å². The summed E-state index contributed by atoms with van der Waals surface area (Å²) in [7, 11) is 1.63. The molecule has 0 radical (unpaired) electrons. The topological polar surface area (TPSA) is 55.8 Å². The second kappa shape index (κ2) is 8.22. The van der Waals surface area contributed by atoms with Crippen molar-refractivity contribution in [1.82, 2.24) is 19.5 Å². The van der Waals surface area contributed by atoms with E-state index in [-0.39, 0.29) is 11.6 Å². The zero-order chi connectivity index (χ0) is 23.2. The minimum Gasteiger partial charge on any atom is -0.497 e. The summed E-state index contributed by atoms with van der Waals surface area (Å²) in [6.45, 7) is 3.70. The molecule has 3 aromatic heterocycles. The lowest BCUT2D eigenvalue weighted by atomic mass is 10.1. The van der Waals surface area contributed by atoms with Crippen LogP contribution in [-0.2, 0) is 12.7 Å². The highest BCUT2D eigenvalue weighted by atomic mass is 19.4. The second-order valence-corrected chi connectivity index (χ2v) is 8.33. The number of aromatic nitrogens is 3. The van der Waals surface area contributed by atoms with E-state index in [1.54, 1.807) is 20.1 Å². The SMILES string of the molecule is COc1ccc(-c2ccc(CN3CC[C@H](c4cc5nc(C)cc(C(F)(F)F)n5n4)C3)o2)cc1. The van der Waals surface area contributed by atoms with Gasteiger partial charge in [0.2, 0.25) is 0 Å². The minimum atomic E-state index is -4.49. The van der Waals surface area contributed by atoms with Gasteiger partial charge >= 0.3 is 6.18 Å². The van der Waals surface area contributed by atoms with Crippen molar-refractivity contribution in [2.75, 3.05) is 20.2 Å². The lowest BCUT2D eigenvalue weighted by Gasteiger charge is -2.13. The summed E-state index contributed by atoms with van der Waals surface area (Å²) in [6, 6.07) is 14.3. The van der Waals surface area contributed by atoms with Crippen molar-refractivity contribution in [3.8, 4) is 17.1 Å². The molecule has 172 valence electrons. The highest BCUT2D eigenvalue weighted by Gasteiger charge is 2.35. The van der Waals surface area contributed by atoms with Crippen LogP contribution in [-0.4, -0.2) is 39.7 Å². The zero-order valence-electron chi connectivity index (χ0n) is 18.3. The molecule has 4 heterocycles. The van der Waals surface area contributed by atoms with Crippen LogP contribution in [0.2, 0.25) is 0 Å². The molecule has 0 N–H and O–H groups in total. The fraction of sp³-hybridized carbons (Fsp3) is 0.333. The maximum Gasteiger partial charge on any atom is 0.433 e. The highest BCUT2D eigenvalue weighted by Crippen LogP contribution is 2.33. The predicted octanol–water partition coefficient (Wildman–Crippen LogP) is 5.31. The summed E-state index contributed by atoms with van der Waals surface area (Å²) in [5.41, 5.74) is 1.35. The Morgan fingerprint density at radius 3 is 2.64 bits per heavy atom. The standard InChI is InChI=1S/C24H23F3N4O2/c1-15-11-22(24(25,26)27)31-23(28-15)12-20(29-31)17-9-10-30(13-17)14-19-7-8-21(33-19)16-3-5-18(32-2)6-4-16/h3-8,11-12,17H,9-10,13-14H2,1-2H3/t17-/m0/s1. The van der Waals surface area contributed by atoms with Crippen molar-refractivity contribution in [1.29, 1.82) is 0 Å². The molecule has 0 spiro atoms. The van der Waals surface area contributed by atoms with E-state index < -0.39 is 11.9 Å². The van der Waals surface area contributed by atoms with Gasteiger partial charge in [-0.05, 0) is 62.4 Å².